The Morgan fingerprint density at radius 2 is 2.00 bits per heavy atom. The fourth-order valence-electron chi connectivity index (χ4n) is 2.86. The number of carbonyl (C=O) groups excluding carboxylic acids is 1. The lowest BCUT2D eigenvalue weighted by atomic mass is 10.1. The van der Waals surface area contributed by atoms with Crippen molar-refractivity contribution in [3.8, 4) is 0 Å². The number of nitrogens with zero attached hydrogens (tertiary/aromatic N) is 1. The Labute approximate surface area is 146 Å². The molecule has 1 unspecified atom stereocenters. The second-order valence-corrected chi connectivity index (χ2v) is 6.21. The van der Waals surface area contributed by atoms with Crippen LogP contribution in [-0.4, -0.2) is 43.7 Å². The quantitative estimate of drug-likeness (QED) is 0.902. The fourth-order valence-corrected chi connectivity index (χ4v) is 3.08. The molecule has 0 spiro atoms. The molecule has 1 N–H and O–H groups in total. The van der Waals surface area contributed by atoms with Crippen molar-refractivity contribution >= 4 is 17.5 Å². The molecule has 5 nitrogen and oxygen atoms in total. The van der Waals surface area contributed by atoms with Crippen molar-refractivity contribution in [3.05, 3.63) is 58.5 Å². The maximum atomic E-state index is 12.4. The lowest BCUT2D eigenvalue weighted by molar-refractivity contribution is 0.0117. The molecule has 0 saturated carbocycles. The Hall–Kier alpha value is -1.82. The summed E-state index contributed by atoms with van der Waals surface area (Å²) >= 11 is 6.10. The van der Waals surface area contributed by atoms with Gasteiger partial charge in [0.15, 0.2) is 0 Å². The van der Waals surface area contributed by atoms with E-state index in [0.29, 0.717) is 30.3 Å². The van der Waals surface area contributed by atoms with E-state index in [0.717, 1.165) is 24.6 Å². The number of morpholine rings is 1. The number of aryl methyl sites for hydroxylation is 1. The summed E-state index contributed by atoms with van der Waals surface area (Å²) in [5.41, 5.74) is 0.482. The average molecular weight is 349 g/mol. The van der Waals surface area contributed by atoms with Crippen LogP contribution in [0.2, 0.25) is 5.02 Å². The van der Waals surface area contributed by atoms with Crippen LogP contribution in [0.15, 0.2) is 40.8 Å². The molecule has 3 rings (SSSR count). The van der Waals surface area contributed by atoms with Gasteiger partial charge in [-0.3, -0.25) is 9.69 Å². The number of amides is 1. The lowest BCUT2D eigenvalue weighted by Crippen LogP contribution is -2.43. The summed E-state index contributed by atoms with van der Waals surface area (Å²) in [6.45, 7) is 5.38. The zero-order chi connectivity index (χ0) is 16.9. The van der Waals surface area contributed by atoms with E-state index in [2.05, 4.69) is 10.2 Å². The molecule has 1 atom stereocenters. The summed E-state index contributed by atoms with van der Waals surface area (Å²) in [6.07, 6.45) is 0. The first-order chi connectivity index (χ1) is 11.6. The SMILES string of the molecule is Cc1ccc(C(CNC(=O)c2ccccc2Cl)N2CCOCC2)o1. The predicted octanol–water partition coefficient (Wildman–Crippen LogP) is 3.04. The van der Waals surface area contributed by atoms with Crippen LogP contribution < -0.4 is 5.32 Å². The number of halogens is 1. The Kier molecular flexibility index (Phi) is 5.56. The van der Waals surface area contributed by atoms with Gasteiger partial charge in [-0.25, -0.2) is 0 Å². The van der Waals surface area contributed by atoms with Gasteiger partial charge in [-0.2, -0.15) is 0 Å². The molecule has 1 aromatic carbocycles. The van der Waals surface area contributed by atoms with E-state index in [1.807, 2.05) is 19.1 Å². The van der Waals surface area contributed by atoms with E-state index in [-0.39, 0.29) is 11.9 Å². The topological polar surface area (TPSA) is 54.7 Å². The smallest absolute Gasteiger partial charge is 0.252 e. The summed E-state index contributed by atoms with van der Waals surface area (Å²) in [7, 11) is 0. The van der Waals surface area contributed by atoms with Crippen molar-refractivity contribution in [1.29, 1.82) is 0 Å². The number of rotatable bonds is 5. The Bertz CT molecular complexity index is 695. The number of benzene rings is 1. The molecule has 1 saturated heterocycles. The van der Waals surface area contributed by atoms with Crippen LogP contribution in [0, 0.1) is 6.92 Å². The van der Waals surface area contributed by atoms with Gasteiger partial charge in [0.1, 0.15) is 11.5 Å². The molecule has 6 heteroatoms. The van der Waals surface area contributed by atoms with Gasteiger partial charge in [0, 0.05) is 19.6 Å². The standard InChI is InChI=1S/C18H21ClN2O3/c1-13-6-7-17(24-13)16(21-8-10-23-11-9-21)12-20-18(22)14-4-2-3-5-15(14)19/h2-7,16H,8-12H2,1H3,(H,20,22). The predicted molar refractivity (Wildman–Crippen MR) is 92.4 cm³/mol. The minimum absolute atomic E-state index is 0.0194. The molecule has 2 heterocycles. The third-order valence-electron chi connectivity index (χ3n) is 4.15. The van der Waals surface area contributed by atoms with Crippen LogP contribution in [0.1, 0.15) is 27.9 Å². The first-order valence-corrected chi connectivity index (χ1v) is 8.44. The van der Waals surface area contributed by atoms with E-state index in [1.54, 1.807) is 24.3 Å². The first-order valence-electron chi connectivity index (χ1n) is 8.06. The van der Waals surface area contributed by atoms with Crippen molar-refractivity contribution in [2.45, 2.75) is 13.0 Å². The van der Waals surface area contributed by atoms with Gasteiger partial charge in [0.05, 0.1) is 29.8 Å². The zero-order valence-corrected chi connectivity index (χ0v) is 14.4. The number of furan rings is 1. The summed E-state index contributed by atoms with van der Waals surface area (Å²) in [5.74, 6) is 1.54. The van der Waals surface area contributed by atoms with Crippen LogP contribution in [-0.2, 0) is 4.74 Å². The van der Waals surface area contributed by atoms with Crippen molar-refractivity contribution < 1.29 is 13.9 Å². The van der Waals surface area contributed by atoms with E-state index in [1.165, 1.54) is 0 Å². The second kappa shape index (κ2) is 7.83. The van der Waals surface area contributed by atoms with E-state index >= 15 is 0 Å². The first kappa shape index (κ1) is 17.0. The van der Waals surface area contributed by atoms with Crippen LogP contribution >= 0.6 is 11.6 Å². The summed E-state index contributed by atoms with van der Waals surface area (Å²) in [4.78, 5) is 14.7. The van der Waals surface area contributed by atoms with E-state index in [9.17, 15) is 4.79 Å². The average Bonchev–Trinajstić information content (AvgIpc) is 3.02. The van der Waals surface area contributed by atoms with Crippen LogP contribution in [0.5, 0.6) is 0 Å². The third kappa shape index (κ3) is 3.98. The number of carbonyl (C=O) groups is 1. The highest BCUT2D eigenvalue weighted by Crippen LogP contribution is 2.24. The molecule has 1 aliphatic heterocycles. The van der Waals surface area contributed by atoms with Gasteiger partial charge in [-0.15, -0.1) is 0 Å². The largest absolute Gasteiger partial charge is 0.465 e. The normalized spacial score (nSPS) is 16.8. The summed E-state index contributed by atoms with van der Waals surface area (Å²) in [5, 5.41) is 3.43. The number of nitrogens with one attached hydrogen (secondary N) is 1. The number of hydrogen-bond donors (Lipinski definition) is 1. The van der Waals surface area contributed by atoms with E-state index in [4.69, 9.17) is 20.8 Å². The number of hydrogen-bond acceptors (Lipinski definition) is 4. The van der Waals surface area contributed by atoms with Gasteiger partial charge < -0.3 is 14.5 Å². The zero-order valence-electron chi connectivity index (χ0n) is 13.6. The Morgan fingerprint density at radius 3 is 2.67 bits per heavy atom. The molecule has 1 fully saturated rings. The molecular weight excluding hydrogens is 328 g/mol. The van der Waals surface area contributed by atoms with Crippen molar-refractivity contribution in [1.82, 2.24) is 10.2 Å². The molecular formula is C18H21ClN2O3. The highest BCUT2D eigenvalue weighted by molar-refractivity contribution is 6.33. The van der Waals surface area contributed by atoms with Crippen LogP contribution in [0.3, 0.4) is 0 Å². The van der Waals surface area contributed by atoms with Crippen molar-refractivity contribution in [3.63, 3.8) is 0 Å². The van der Waals surface area contributed by atoms with Gasteiger partial charge in [-0.05, 0) is 31.2 Å². The minimum Gasteiger partial charge on any atom is -0.465 e. The molecule has 1 aromatic heterocycles. The molecule has 1 aliphatic rings. The van der Waals surface area contributed by atoms with E-state index < -0.39 is 0 Å². The molecule has 2 aromatic rings. The maximum absolute atomic E-state index is 12.4. The van der Waals surface area contributed by atoms with Crippen molar-refractivity contribution in [2.24, 2.45) is 0 Å². The molecule has 128 valence electrons. The Balaban J connectivity index is 1.72. The van der Waals surface area contributed by atoms with Gasteiger partial charge in [-0.1, -0.05) is 23.7 Å². The fraction of sp³-hybridized carbons (Fsp3) is 0.389. The lowest BCUT2D eigenvalue weighted by Gasteiger charge is -2.33. The van der Waals surface area contributed by atoms with Crippen molar-refractivity contribution in [2.75, 3.05) is 32.8 Å². The van der Waals surface area contributed by atoms with Gasteiger partial charge >= 0.3 is 0 Å². The number of ether oxygens (including phenoxy) is 1. The highest BCUT2D eigenvalue weighted by atomic mass is 35.5. The molecule has 0 bridgehead atoms. The summed E-state index contributed by atoms with van der Waals surface area (Å²) < 4.78 is 11.2. The minimum atomic E-state index is -0.179. The van der Waals surface area contributed by atoms with Gasteiger partial charge in [0.2, 0.25) is 0 Å². The maximum Gasteiger partial charge on any atom is 0.252 e. The molecule has 1 amide bonds. The van der Waals surface area contributed by atoms with Crippen LogP contribution in [0.25, 0.3) is 0 Å². The molecule has 0 aliphatic carbocycles. The Morgan fingerprint density at radius 1 is 1.25 bits per heavy atom. The second-order valence-electron chi connectivity index (χ2n) is 5.80. The molecule has 0 radical (unpaired) electrons. The summed E-state index contributed by atoms with van der Waals surface area (Å²) in [6, 6.07) is 10.9. The van der Waals surface area contributed by atoms with Crippen LogP contribution in [0.4, 0.5) is 0 Å². The molecule has 24 heavy (non-hydrogen) atoms. The van der Waals surface area contributed by atoms with Gasteiger partial charge in [0.25, 0.3) is 5.91 Å². The highest BCUT2D eigenvalue weighted by Gasteiger charge is 2.26. The monoisotopic (exact) mass is 348 g/mol. The third-order valence-corrected chi connectivity index (χ3v) is 4.48.